The third kappa shape index (κ3) is 2.68. The molecule has 0 spiro atoms. The molecule has 5 nitrogen and oxygen atoms in total. The number of benzene rings is 2. The molecule has 1 N–H and O–H groups in total. The summed E-state index contributed by atoms with van der Waals surface area (Å²) >= 11 is 6.05. The third-order valence-electron chi connectivity index (χ3n) is 3.63. The average Bonchev–Trinajstić information content (AvgIpc) is 2.49. The summed E-state index contributed by atoms with van der Waals surface area (Å²) < 4.78 is 27.1. The van der Waals surface area contributed by atoms with Crippen molar-refractivity contribution in [3.8, 4) is 0 Å². The summed E-state index contributed by atoms with van der Waals surface area (Å²) in [5.41, 5.74) is 2.04. The van der Waals surface area contributed by atoms with Crippen molar-refractivity contribution in [3.63, 3.8) is 0 Å². The van der Waals surface area contributed by atoms with E-state index in [1.54, 1.807) is 44.2 Å². The van der Waals surface area contributed by atoms with Crippen LogP contribution >= 0.6 is 11.6 Å². The van der Waals surface area contributed by atoms with E-state index in [9.17, 15) is 13.2 Å². The van der Waals surface area contributed by atoms with Gasteiger partial charge < -0.3 is 5.32 Å². The maximum Gasteiger partial charge on any atom is 0.265 e. The number of hydrogen-bond acceptors (Lipinski definition) is 3. The Balaban J connectivity index is 2.18. The van der Waals surface area contributed by atoms with Gasteiger partial charge in [0.1, 0.15) is 0 Å². The van der Waals surface area contributed by atoms with Gasteiger partial charge in [-0.1, -0.05) is 23.7 Å². The zero-order valence-corrected chi connectivity index (χ0v) is 14.1. The van der Waals surface area contributed by atoms with Crippen molar-refractivity contribution < 1.29 is 13.2 Å². The van der Waals surface area contributed by atoms with Crippen LogP contribution in [0.1, 0.15) is 11.1 Å². The molecule has 1 aliphatic rings. The predicted molar refractivity (Wildman–Crippen MR) is 90.0 cm³/mol. The van der Waals surface area contributed by atoms with E-state index in [-0.39, 0.29) is 4.90 Å². The molecular weight excluding hydrogens is 336 g/mol. The summed E-state index contributed by atoms with van der Waals surface area (Å²) in [5.74, 6) is -0.490. The van der Waals surface area contributed by atoms with E-state index in [0.717, 1.165) is 10.8 Å². The topological polar surface area (TPSA) is 66.5 Å². The number of halogens is 1. The molecular formula is C16H14ClN2O3S. The summed E-state index contributed by atoms with van der Waals surface area (Å²) in [6.07, 6.45) is 0. The molecule has 0 aliphatic carbocycles. The molecule has 0 unspecified atom stereocenters. The molecule has 0 saturated carbocycles. The number of rotatable bonds is 2. The molecule has 23 heavy (non-hydrogen) atoms. The molecule has 3 rings (SSSR count). The normalized spacial score (nSPS) is 14.4. The quantitative estimate of drug-likeness (QED) is 0.904. The van der Waals surface area contributed by atoms with Crippen LogP contribution in [0.4, 0.5) is 11.4 Å². The van der Waals surface area contributed by atoms with Crippen molar-refractivity contribution in [2.45, 2.75) is 18.7 Å². The van der Waals surface area contributed by atoms with Crippen LogP contribution in [0.15, 0.2) is 41.3 Å². The van der Waals surface area contributed by atoms with E-state index in [1.165, 1.54) is 6.07 Å². The first-order valence-corrected chi connectivity index (χ1v) is 8.68. The SMILES string of the molecule is Cc1cc(S(=O)(=O)N2[CH]C(=O)Nc3ccccc32)c(C)cc1Cl. The minimum atomic E-state index is -3.92. The minimum absolute atomic E-state index is 0.125. The van der Waals surface area contributed by atoms with Crippen LogP contribution < -0.4 is 9.62 Å². The Morgan fingerprint density at radius 3 is 2.52 bits per heavy atom. The standard InChI is InChI=1S/C16H14ClN2O3S/c1-10-8-15(11(2)7-12(10)17)23(21,22)19-9-16(20)18-13-5-3-4-6-14(13)19/h3-9H,1-2H3,(H,18,20). The Bertz CT molecular complexity index is 910. The number of aryl methyl sites for hydroxylation is 2. The maximum atomic E-state index is 13.1. The van der Waals surface area contributed by atoms with E-state index in [1.807, 2.05) is 0 Å². The average molecular weight is 350 g/mol. The van der Waals surface area contributed by atoms with Crippen molar-refractivity contribution in [2.24, 2.45) is 0 Å². The number of para-hydroxylation sites is 2. The first-order chi connectivity index (χ1) is 10.8. The van der Waals surface area contributed by atoms with E-state index in [4.69, 9.17) is 11.6 Å². The van der Waals surface area contributed by atoms with E-state index < -0.39 is 15.9 Å². The fourth-order valence-electron chi connectivity index (χ4n) is 2.45. The van der Waals surface area contributed by atoms with Crippen molar-refractivity contribution in [1.29, 1.82) is 0 Å². The van der Waals surface area contributed by atoms with Gasteiger partial charge in [-0.3, -0.25) is 4.79 Å². The molecule has 1 radical (unpaired) electrons. The molecule has 0 bridgehead atoms. The zero-order chi connectivity index (χ0) is 16.8. The first kappa shape index (κ1) is 15.8. The van der Waals surface area contributed by atoms with Gasteiger partial charge in [0.05, 0.1) is 16.3 Å². The lowest BCUT2D eigenvalue weighted by Crippen LogP contribution is -2.38. The number of fused-ring (bicyclic) bond motifs is 1. The number of hydrogen-bond donors (Lipinski definition) is 1. The molecule has 1 aliphatic heterocycles. The Kier molecular flexibility index (Phi) is 3.82. The minimum Gasteiger partial charge on any atom is -0.322 e. The number of amides is 1. The Morgan fingerprint density at radius 1 is 1.09 bits per heavy atom. The van der Waals surface area contributed by atoms with Crippen molar-refractivity contribution in [3.05, 3.63) is 59.1 Å². The number of nitrogens with one attached hydrogen (secondary N) is 1. The molecule has 2 aromatic carbocycles. The number of carbonyl (C=O) groups excluding carboxylic acids is 1. The Hall–Kier alpha value is -2.05. The van der Waals surface area contributed by atoms with Crippen LogP contribution in [0.5, 0.6) is 0 Å². The fourth-order valence-corrected chi connectivity index (χ4v) is 4.32. The highest BCUT2D eigenvalue weighted by Gasteiger charge is 2.33. The van der Waals surface area contributed by atoms with E-state index in [2.05, 4.69) is 5.32 Å². The van der Waals surface area contributed by atoms with Gasteiger partial charge in [0, 0.05) is 5.02 Å². The van der Waals surface area contributed by atoms with Gasteiger partial charge in [-0.25, -0.2) is 12.7 Å². The zero-order valence-electron chi connectivity index (χ0n) is 12.5. The second kappa shape index (κ2) is 5.54. The van der Waals surface area contributed by atoms with Crippen LogP contribution in [0, 0.1) is 20.4 Å². The Labute approximate surface area is 139 Å². The van der Waals surface area contributed by atoms with Gasteiger partial charge >= 0.3 is 0 Å². The number of nitrogens with zero attached hydrogens (tertiary/aromatic N) is 1. The van der Waals surface area contributed by atoms with Gasteiger partial charge in [0.2, 0.25) is 0 Å². The van der Waals surface area contributed by atoms with E-state index in [0.29, 0.717) is 27.5 Å². The van der Waals surface area contributed by atoms with Crippen molar-refractivity contribution >= 4 is 38.9 Å². The van der Waals surface area contributed by atoms with Crippen LogP contribution in [0.25, 0.3) is 0 Å². The molecule has 1 amide bonds. The van der Waals surface area contributed by atoms with Gasteiger partial charge in [0.15, 0.2) is 6.54 Å². The smallest absolute Gasteiger partial charge is 0.265 e. The summed E-state index contributed by atoms with van der Waals surface area (Å²) in [6.45, 7) is 4.45. The molecule has 0 fully saturated rings. The number of anilines is 2. The predicted octanol–water partition coefficient (Wildman–Crippen LogP) is 3.27. The number of sulfonamides is 1. The summed E-state index contributed by atoms with van der Waals surface area (Å²) in [4.78, 5) is 12.0. The lowest BCUT2D eigenvalue weighted by molar-refractivity contribution is -0.113. The van der Waals surface area contributed by atoms with Crippen LogP contribution in [-0.2, 0) is 14.8 Å². The molecule has 7 heteroatoms. The van der Waals surface area contributed by atoms with Crippen LogP contribution in [0.2, 0.25) is 5.02 Å². The monoisotopic (exact) mass is 349 g/mol. The van der Waals surface area contributed by atoms with Gasteiger partial charge in [-0.15, -0.1) is 0 Å². The third-order valence-corrected chi connectivity index (χ3v) is 5.85. The van der Waals surface area contributed by atoms with Gasteiger partial charge in [-0.2, -0.15) is 0 Å². The van der Waals surface area contributed by atoms with Gasteiger partial charge in [0.25, 0.3) is 15.9 Å². The molecule has 119 valence electrons. The second-order valence-corrected chi connectivity index (χ2v) is 7.49. The lowest BCUT2D eigenvalue weighted by Gasteiger charge is -2.30. The molecule has 0 saturated heterocycles. The van der Waals surface area contributed by atoms with Gasteiger partial charge in [-0.05, 0) is 49.2 Å². The highest BCUT2D eigenvalue weighted by atomic mass is 35.5. The first-order valence-electron chi connectivity index (χ1n) is 6.87. The van der Waals surface area contributed by atoms with Crippen molar-refractivity contribution in [2.75, 3.05) is 9.62 Å². The molecule has 2 aromatic rings. The summed E-state index contributed by atoms with van der Waals surface area (Å²) in [5, 5.41) is 3.13. The summed E-state index contributed by atoms with van der Waals surface area (Å²) in [7, 11) is -3.92. The highest BCUT2D eigenvalue weighted by molar-refractivity contribution is 7.93. The molecule has 0 atom stereocenters. The Morgan fingerprint density at radius 2 is 1.78 bits per heavy atom. The van der Waals surface area contributed by atoms with Crippen LogP contribution in [0.3, 0.4) is 0 Å². The number of carbonyl (C=O) groups is 1. The second-order valence-electron chi connectivity index (χ2n) is 5.30. The largest absolute Gasteiger partial charge is 0.322 e. The van der Waals surface area contributed by atoms with E-state index >= 15 is 0 Å². The van der Waals surface area contributed by atoms with Crippen molar-refractivity contribution in [1.82, 2.24) is 0 Å². The fraction of sp³-hybridized carbons (Fsp3) is 0.125. The summed E-state index contributed by atoms with van der Waals surface area (Å²) in [6, 6.07) is 9.87. The molecule has 1 heterocycles. The maximum absolute atomic E-state index is 13.1. The van der Waals surface area contributed by atoms with Crippen LogP contribution in [-0.4, -0.2) is 14.3 Å². The highest BCUT2D eigenvalue weighted by Crippen LogP contribution is 2.36. The molecule has 0 aromatic heterocycles. The lowest BCUT2D eigenvalue weighted by atomic mass is 10.2.